The zero-order valence-corrected chi connectivity index (χ0v) is 34.9. The Kier molecular flexibility index (Phi) is 24.7. The van der Waals surface area contributed by atoms with Crippen molar-refractivity contribution in [2.75, 3.05) is 26.4 Å². The quantitative estimate of drug-likeness (QED) is 0.0331. The van der Waals surface area contributed by atoms with Crippen LogP contribution in [0.1, 0.15) is 97.3 Å². The first-order chi connectivity index (χ1) is 28.8. The second kappa shape index (κ2) is 28.1. The Labute approximate surface area is 352 Å². The predicted molar refractivity (Wildman–Crippen MR) is 213 cm³/mol. The van der Waals surface area contributed by atoms with E-state index in [0.29, 0.717) is 6.42 Å². The molecule has 3 heterocycles. The topological polar surface area (TPSA) is 307 Å². The maximum absolute atomic E-state index is 13.0. The maximum Gasteiger partial charge on any atom is 0.220 e. The number of carbonyl (C=O) groups excluding carboxylic acids is 1. The molecule has 3 saturated heterocycles. The summed E-state index contributed by atoms with van der Waals surface area (Å²) in [5, 5.41) is 118. The van der Waals surface area contributed by atoms with Crippen LogP contribution in [0.5, 0.6) is 0 Å². The molecule has 350 valence electrons. The number of aliphatic hydroxyl groups excluding tert-OH is 11. The van der Waals surface area contributed by atoms with Crippen molar-refractivity contribution in [3.63, 3.8) is 0 Å². The summed E-state index contributed by atoms with van der Waals surface area (Å²) in [4.78, 5) is 13.0. The van der Waals surface area contributed by atoms with Crippen LogP contribution in [0.4, 0.5) is 0 Å². The van der Waals surface area contributed by atoms with Gasteiger partial charge in [-0.05, 0) is 38.5 Å². The molecule has 17 unspecified atom stereocenters. The van der Waals surface area contributed by atoms with Crippen molar-refractivity contribution in [2.45, 2.75) is 202 Å². The lowest BCUT2D eigenvalue weighted by Gasteiger charge is -2.48. The standard InChI is InChI=1S/C41H73NO18/c1-3-5-7-9-10-11-12-13-15-17-19-29(47)42-24(25(46)18-16-14-8-6-4-2)23-55-39-35(53)32(50)37(27(21-44)57-39)60-41-36(54)33(51)38(28(22-45)58-41)59-40-34(52)31(49)30(48)26(20-43)56-40/h7,9,16,18,24-28,30-41,43-46,48-54H,3-6,8,10-15,17,19-23H2,1-2H3,(H,42,47)/b9-7-,18-16+. The van der Waals surface area contributed by atoms with Crippen LogP contribution in [-0.4, -0.2) is 193 Å². The number of amides is 1. The van der Waals surface area contributed by atoms with E-state index < -0.39 is 124 Å². The highest BCUT2D eigenvalue weighted by Crippen LogP contribution is 2.32. The Morgan fingerprint density at radius 2 is 1.08 bits per heavy atom. The van der Waals surface area contributed by atoms with Gasteiger partial charge in [-0.1, -0.05) is 76.7 Å². The average Bonchev–Trinajstić information content (AvgIpc) is 3.24. The van der Waals surface area contributed by atoms with Crippen molar-refractivity contribution < 1.29 is 89.4 Å². The molecule has 3 aliphatic heterocycles. The Morgan fingerprint density at radius 3 is 1.68 bits per heavy atom. The Bertz CT molecular complexity index is 1230. The summed E-state index contributed by atoms with van der Waals surface area (Å²) in [5.74, 6) is -0.299. The molecule has 0 aromatic heterocycles. The zero-order chi connectivity index (χ0) is 44.2. The van der Waals surface area contributed by atoms with Crippen molar-refractivity contribution in [3.8, 4) is 0 Å². The largest absolute Gasteiger partial charge is 0.394 e. The van der Waals surface area contributed by atoms with Gasteiger partial charge in [0.05, 0.1) is 38.6 Å². The first kappa shape index (κ1) is 52.6. The number of hydrogen-bond donors (Lipinski definition) is 12. The number of aliphatic hydroxyl groups is 11. The Hall–Kier alpha value is -1.73. The van der Waals surface area contributed by atoms with E-state index in [9.17, 15) is 61.0 Å². The molecule has 19 nitrogen and oxygen atoms in total. The minimum absolute atomic E-state index is 0.230. The molecule has 0 spiro atoms. The number of hydrogen-bond acceptors (Lipinski definition) is 18. The summed E-state index contributed by atoms with van der Waals surface area (Å²) in [6.45, 7) is 1.44. The fourth-order valence-corrected chi connectivity index (χ4v) is 7.25. The highest BCUT2D eigenvalue weighted by atomic mass is 16.8. The predicted octanol–water partition coefficient (Wildman–Crippen LogP) is -1.48. The summed E-state index contributed by atoms with van der Waals surface area (Å²) in [5.41, 5.74) is 0. The van der Waals surface area contributed by atoms with Crippen LogP contribution in [0, 0.1) is 0 Å². The molecule has 0 radical (unpaired) electrons. The summed E-state index contributed by atoms with van der Waals surface area (Å²) >= 11 is 0. The average molecular weight is 868 g/mol. The van der Waals surface area contributed by atoms with Crippen LogP contribution in [0.2, 0.25) is 0 Å². The lowest BCUT2D eigenvalue weighted by atomic mass is 9.96. The summed E-state index contributed by atoms with van der Waals surface area (Å²) < 4.78 is 33.8. The van der Waals surface area contributed by atoms with E-state index in [-0.39, 0.29) is 18.9 Å². The summed E-state index contributed by atoms with van der Waals surface area (Å²) in [6, 6.07) is -0.967. The van der Waals surface area contributed by atoms with E-state index in [1.54, 1.807) is 6.08 Å². The molecule has 1 amide bonds. The number of ether oxygens (including phenoxy) is 6. The molecule has 60 heavy (non-hydrogen) atoms. The lowest BCUT2D eigenvalue weighted by Crippen LogP contribution is -2.66. The fourth-order valence-electron chi connectivity index (χ4n) is 7.25. The SMILES string of the molecule is CCC/C=C\CCCCCCCC(=O)NC(COC1OC(CO)C(OC2OC(CO)C(OC3OC(CO)C(O)C(O)C3O)C(O)C2O)C(O)C1O)C(O)/C=C/CCCCC. The number of allylic oxidation sites excluding steroid dienone is 3. The van der Waals surface area contributed by atoms with Gasteiger partial charge < -0.3 is 89.9 Å². The van der Waals surface area contributed by atoms with Gasteiger partial charge in [-0.2, -0.15) is 0 Å². The number of unbranched alkanes of at least 4 members (excludes halogenated alkanes) is 9. The van der Waals surface area contributed by atoms with Gasteiger partial charge in [-0.25, -0.2) is 0 Å². The molecular formula is C41H73NO18. The van der Waals surface area contributed by atoms with Crippen molar-refractivity contribution in [1.82, 2.24) is 5.32 Å². The molecule has 12 N–H and O–H groups in total. The minimum atomic E-state index is -1.97. The zero-order valence-electron chi connectivity index (χ0n) is 34.9. The molecule has 0 aliphatic carbocycles. The van der Waals surface area contributed by atoms with Crippen molar-refractivity contribution in [2.24, 2.45) is 0 Å². The second-order valence-electron chi connectivity index (χ2n) is 15.8. The Morgan fingerprint density at radius 1 is 0.583 bits per heavy atom. The van der Waals surface area contributed by atoms with Gasteiger partial charge in [0.25, 0.3) is 0 Å². The summed E-state index contributed by atoms with van der Waals surface area (Å²) in [6.07, 6.45) is -7.13. The molecule has 3 rings (SSSR count). The van der Waals surface area contributed by atoms with Crippen LogP contribution in [-0.2, 0) is 33.2 Å². The molecule has 0 bridgehead atoms. The van der Waals surface area contributed by atoms with Gasteiger partial charge in [0.2, 0.25) is 5.91 Å². The number of carbonyl (C=O) groups is 1. The molecule has 17 atom stereocenters. The first-order valence-electron chi connectivity index (χ1n) is 21.6. The van der Waals surface area contributed by atoms with E-state index in [1.165, 1.54) is 0 Å². The molecule has 3 fully saturated rings. The highest BCUT2D eigenvalue weighted by molar-refractivity contribution is 5.76. The molecule has 0 saturated carbocycles. The van der Waals surface area contributed by atoms with Gasteiger partial charge in [0, 0.05) is 6.42 Å². The third kappa shape index (κ3) is 15.8. The lowest BCUT2D eigenvalue weighted by molar-refractivity contribution is -0.379. The second-order valence-corrected chi connectivity index (χ2v) is 15.8. The molecule has 3 aliphatic rings. The van der Waals surface area contributed by atoms with Crippen LogP contribution in [0.15, 0.2) is 24.3 Å². The van der Waals surface area contributed by atoms with Gasteiger partial charge in [-0.3, -0.25) is 4.79 Å². The third-order valence-electron chi connectivity index (χ3n) is 11.0. The van der Waals surface area contributed by atoms with E-state index in [0.717, 1.165) is 70.6 Å². The highest BCUT2D eigenvalue weighted by Gasteiger charge is 2.53. The minimum Gasteiger partial charge on any atom is -0.394 e. The van der Waals surface area contributed by atoms with Crippen molar-refractivity contribution >= 4 is 5.91 Å². The summed E-state index contributed by atoms with van der Waals surface area (Å²) in [7, 11) is 0. The van der Waals surface area contributed by atoms with Crippen molar-refractivity contribution in [3.05, 3.63) is 24.3 Å². The van der Waals surface area contributed by atoms with Gasteiger partial charge >= 0.3 is 0 Å². The monoisotopic (exact) mass is 867 g/mol. The molecule has 19 heteroatoms. The molecule has 0 aromatic carbocycles. The van der Waals surface area contributed by atoms with Crippen LogP contribution >= 0.6 is 0 Å². The molecular weight excluding hydrogens is 794 g/mol. The van der Waals surface area contributed by atoms with E-state index >= 15 is 0 Å². The third-order valence-corrected chi connectivity index (χ3v) is 11.0. The smallest absolute Gasteiger partial charge is 0.220 e. The fraction of sp³-hybridized carbons (Fsp3) is 0.878. The first-order valence-corrected chi connectivity index (χ1v) is 21.6. The van der Waals surface area contributed by atoms with Gasteiger partial charge in [-0.15, -0.1) is 0 Å². The van der Waals surface area contributed by atoms with Crippen LogP contribution in [0.25, 0.3) is 0 Å². The number of rotatable bonds is 27. The van der Waals surface area contributed by atoms with Gasteiger partial charge in [0.1, 0.15) is 73.2 Å². The van der Waals surface area contributed by atoms with Crippen LogP contribution in [0.3, 0.4) is 0 Å². The molecule has 0 aromatic rings. The van der Waals surface area contributed by atoms with Gasteiger partial charge in [0.15, 0.2) is 18.9 Å². The van der Waals surface area contributed by atoms with Crippen molar-refractivity contribution in [1.29, 1.82) is 0 Å². The van der Waals surface area contributed by atoms with E-state index in [1.807, 2.05) is 6.08 Å². The Balaban J connectivity index is 1.60. The van der Waals surface area contributed by atoms with Crippen LogP contribution < -0.4 is 5.32 Å². The normalized spacial score (nSPS) is 36.2. The maximum atomic E-state index is 13.0. The van der Waals surface area contributed by atoms with E-state index in [2.05, 4.69) is 31.3 Å². The number of nitrogens with one attached hydrogen (secondary N) is 1. The van der Waals surface area contributed by atoms with E-state index in [4.69, 9.17) is 28.4 Å².